The van der Waals surface area contributed by atoms with Gasteiger partial charge in [0.05, 0.1) is 6.07 Å². The first-order valence-corrected chi connectivity index (χ1v) is 3.64. The Balaban J connectivity index is 4.45. The van der Waals surface area contributed by atoms with Crippen molar-refractivity contribution in [1.82, 2.24) is 0 Å². The van der Waals surface area contributed by atoms with E-state index in [2.05, 4.69) is 19.6 Å². The smallest absolute Gasteiger partial charge is 0.0944 e. The number of nitriles is 1. The van der Waals surface area contributed by atoms with E-state index < -0.39 is 0 Å². The molecule has 0 aromatic heterocycles. The molecule has 0 N–H and O–H groups in total. The Morgan fingerprint density at radius 1 is 1.64 bits per heavy atom. The van der Waals surface area contributed by atoms with Gasteiger partial charge >= 0.3 is 0 Å². The fourth-order valence-corrected chi connectivity index (χ4v) is 0.730. The van der Waals surface area contributed by atoms with Crippen LogP contribution in [0.4, 0.5) is 0 Å². The van der Waals surface area contributed by atoms with Crippen molar-refractivity contribution in [2.45, 2.75) is 20.3 Å². The molecule has 0 atom stereocenters. The molecule has 0 rings (SSSR count). The third kappa shape index (κ3) is 4.16. The van der Waals surface area contributed by atoms with E-state index in [1.165, 1.54) is 0 Å². The lowest BCUT2D eigenvalue weighted by atomic mass is 10.1. The summed E-state index contributed by atoms with van der Waals surface area (Å²) in [6.45, 7) is 7.44. The Bertz CT molecular complexity index is 226. The third-order valence-electron chi connectivity index (χ3n) is 1.32. The van der Waals surface area contributed by atoms with Gasteiger partial charge in [-0.15, -0.1) is 0 Å². The second-order valence-electron chi connectivity index (χ2n) is 2.27. The first-order chi connectivity index (χ1) is 5.24. The van der Waals surface area contributed by atoms with Crippen molar-refractivity contribution in [2.75, 3.05) is 0 Å². The Morgan fingerprint density at radius 2 is 2.27 bits per heavy atom. The lowest BCUT2D eigenvalue weighted by Crippen LogP contribution is -1.76. The molecule has 0 bridgehead atoms. The van der Waals surface area contributed by atoms with Gasteiger partial charge in [0, 0.05) is 5.57 Å². The standard InChI is InChI=1S/C10H13N/c1-4-6-10(5-2)7-9(3)8-11/h4,6-7H,1,5H2,2-3H3/b9-7+,10-6-. The maximum atomic E-state index is 8.48. The van der Waals surface area contributed by atoms with Gasteiger partial charge in [-0.1, -0.05) is 25.7 Å². The minimum absolute atomic E-state index is 0.736. The highest BCUT2D eigenvalue weighted by Gasteiger charge is 1.88. The van der Waals surface area contributed by atoms with Crippen LogP contribution in [0.5, 0.6) is 0 Å². The van der Waals surface area contributed by atoms with Crippen molar-refractivity contribution >= 4 is 0 Å². The second kappa shape index (κ2) is 5.49. The Morgan fingerprint density at radius 3 is 2.64 bits per heavy atom. The van der Waals surface area contributed by atoms with Crippen molar-refractivity contribution in [2.24, 2.45) is 0 Å². The molecule has 0 amide bonds. The van der Waals surface area contributed by atoms with Crippen LogP contribution in [-0.4, -0.2) is 0 Å². The van der Waals surface area contributed by atoms with Gasteiger partial charge in [0.2, 0.25) is 0 Å². The van der Waals surface area contributed by atoms with Crippen LogP contribution in [0.2, 0.25) is 0 Å². The van der Waals surface area contributed by atoms with E-state index in [0.717, 1.165) is 17.6 Å². The first kappa shape index (κ1) is 9.71. The van der Waals surface area contributed by atoms with E-state index in [-0.39, 0.29) is 0 Å². The van der Waals surface area contributed by atoms with Crippen LogP contribution in [0.15, 0.2) is 36.0 Å². The largest absolute Gasteiger partial charge is 0.193 e. The Hall–Kier alpha value is -1.29. The molecule has 0 aliphatic rings. The fourth-order valence-electron chi connectivity index (χ4n) is 0.730. The molecule has 0 aliphatic carbocycles. The average molecular weight is 147 g/mol. The highest BCUT2D eigenvalue weighted by molar-refractivity contribution is 5.31. The van der Waals surface area contributed by atoms with E-state index >= 15 is 0 Å². The topological polar surface area (TPSA) is 23.8 Å². The lowest BCUT2D eigenvalue weighted by Gasteiger charge is -1.93. The molecule has 0 heterocycles. The number of rotatable bonds is 3. The summed E-state index contributed by atoms with van der Waals surface area (Å²) in [7, 11) is 0. The summed E-state index contributed by atoms with van der Waals surface area (Å²) in [5.41, 5.74) is 1.87. The summed E-state index contributed by atoms with van der Waals surface area (Å²) in [5.74, 6) is 0. The van der Waals surface area contributed by atoms with Crippen molar-refractivity contribution in [1.29, 1.82) is 5.26 Å². The molecule has 58 valence electrons. The molecular weight excluding hydrogens is 134 g/mol. The SMILES string of the molecule is C=C/C=C(\C=C(/C)C#N)CC. The van der Waals surface area contributed by atoms with Gasteiger partial charge in [-0.05, 0) is 25.0 Å². The zero-order valence-electron chi connectivity index (χ0n) is 7.09. The molecule has 0 spiro atoms. The first-order valence-electron chi connectivity index (χ1n) is 3.64. The van der Waals surface area contributed by atoms with Crippen molar-refractivity contribution in [3.05, 3.63) is 36.0 Å². The fraction of sp³-hybridized carbons (Fsp3) is 0.300. The molecular formula is C10H13N. The van der Waals surface area contributed by atoms with Crippen molar-refractivity contribution in [3.8, 4) is 6.07 Å². The average Bonchev–Trinajstić information content (AvgIpc) is 2.03. The number of allylic oxidation sites excluding steroid dienone is 5. The van der Waals surface area contributed by atoms with Gasteiger partial charge in [0.25, 0.3) is 0 Å². The zero-order chi connectivity index (χ0) is 8.69. The summed E-state index contributed by atoms with van der Waals surface area (Å²) in [5, 5.41) is 8.48. The summed E-state index contributed by atoms with van der Waals surface area (Å²) in [4.78, 5) is 0. The maximum Gasteiger partial charge on any atom is 0.0944 e. The van der Waals surface area contributed by atoms with Crippen LogP contribution >= 0.6 is 0 Å². The molecule has 0 saturated heterocycles. The second-order valence-corrected chi connectivity index (χ2v) is 2.27. The molecule has 1 heteroatoms. The molecule has 1 nitrogen and oxygen atoms in total. The predicted octanol–water partition coefficient (Wildman–Crippen LogP) is 2.98. The summed E-state index contributed by atoms with van der Waals surface area (Å²) in [6, 6.07) is 2.07. The molecule has 0 radical (unpaired) electrons. The molecule has 0 aromatic carbocycles. The van der Waals surface area contributed by atoms with Crippen LogP contribution in [0, 0.1) is 11.3 Å². The summed E-state index contributed by atoms with van der Waals surface area (Å²) < 4.78 is 0. The molecule has 0 aliphatic heterocycles. The van der Waals surface area contributed by atoms with E-state index in [1.54, 1.807) is 13.0 Å². The maximum absolute atomic E-state index is 8.48. The van der Waals surface area contributed by atoms with E-state index in [9.17, 15) is 0 Å². The highest BCUT2D eigenvalue weighted by atomic mass is 14.2. The Labute approximate surface area is 68.3 Å². The highest BCUT2D eigenvalue weighted by Crippen LogP contribution is 2.05. The van der Waals surface area contributed by atoms with Crippen LogP contribution in [0.3, 0.4) is 0 Å². The van der Waals surface area contributed by atoms with E-state index in [1.807, 2.05) is 12.2 Å². The number of hydrogen-bond donors (Lipinski definition) is 0. The minimum atomic E-state index is 0.736. The molecule has 11 heavy (non-hydrogen) atoms. The van der Waals surface area contributed by atoms with E-state index in [0.29, 0.717) is 0 Å². The monoisotopic (exact) mass is 147 g/mol. The predicted molar refractivity (Wildman–Crippen MR) is 47.9 cm³/mol. The third-order valence-corrected chi connectivity index (χ3v) is 1.32. The molecule has 0 unspecified atom stereocenters. The van der Waals surface area contributed by atoms with Crippen LogP contribution in [-0.2, 0) is 0 Å². The van der Waals surface area contributed by atoms with Gasteiger partial charge in [0.15, 0.2) is 0 Å². The number of nitrogens with zero attached hydrogens (tertiary/aromatic N) is 1. The van der Waals surface area contributed by atoms with Gasteiger partial charge in [0.1, 0.15) is 0 Å². The van der Waals surface area contributed by atoms with Crippen LogP contribution < -0.4 is 0 Å². The van der Waals surface area contributed by atoms with Gasteiger partial charge < -0.3 is 0 Å². The summed E-state index contributed by atoms with van der Waals surface area (Å²) in [6.07, 6.45) is 6.47. The molecule has 0 fully saturated rings. The summed E-state index contributed by atoms with van der Waals surface area (Å²) >= 11 is 0. The minimum Gasteiger partial charge on any atom is -0.193 e. The molecule has 0 saturated carbocycles. The van der Waals surface area contributed by atoms with Gasteiger partial charge in [-0.3, -0.25) is 0 Å². The zero-order valence-corrected chi connectivity index (χ0v) is 7.09. The normalized spacial score (nSPS) is 12.5. The van der Waals surface area contributed by atoms with Crippen molar-refractivity contribution < 1.29 is 0 Å². The van der Waals surface area contributed by atoms with Gasteiger partial charge in [-0.25, -0.2) is 0 Å². The van der Waals surface area contributed by atoms with Gasteiger partial charge in [-0.2, -0.15) is 5.26 Å². The lowest BCUT2D eigenvalue weighted by molar-refractivity contribution is 1.14. The Kier molecular flexibility index (Phi) is 4.85. The molecule has 0 aromatic rings. The van der Waals surface area contributed by atoms with E-state index in [4.69, 9.17) is 5.26 Å². The quantitative estimate of drug-likeness (QED) is 0.444. The van der Waals surface area contributed by atoms with Crippen molar-refractivity contribution in [3.63, 3.8) is 0 Å². The van der Waals surface area contributed by atoms with Crippen LogP contribution in [0.1, 0.15) is 20.3 Å². The van der Waals surface area contributed by atoms with Crippen LogP contribution in [0.25, 0.3) is 0 Å². The number of hydrogen-bond acceptors (Lipinski definition) is 1.